The summed E-state index contributed by atoms with van der Waals surface area (Å²) in [6, 6.07) is 7.81. The molecule has 78 valence electrons. The van der Waals surface area contributed by atoms with Gasteiger partial charge in [-0.15, -0.1) is 0 Å². The average molecular weight is 266 g/mol. The highest BCUT2D eigenvalue weighted by Gasteiger charge is 2.12. The number of rotatable bonds is 2. The molecule has 1 atom stereocenters. The fraction of sp³-hybridized carbons (Fsp3) is 0.182. The van der Waals surface area contributed by atoms with Crippen molar-refractivity contribution in [2.45, 2.75) is 6.04 Å². The normalized spacial score (nSPS) is 12.7. The Morgan fingerprint density at radius 3 is 2.53 bits per heavy atom. The van der Waals surface area contributed by atoms with Gasteiger partial charge in [0, 0.05) is 23.9 Å². The number of halogens is 1. The molecule has 0 radical (unpaired) electrons. The molecule has 4 heteroatoms. The summed E-state index contributed by atoms with van der Waals surface area (Å²) in [5.74, 6) is 0.873. The Morgan fingerprint density at radius 1 is 1.33 bits per heavy atom. The highest BCUT2D eigenvalue weighted by molar-refractivity contribution is 9.10. The summed E-state index contributed by atoms with van der Waals surface area (Å²) in [4.78, 5) is 4.24. The highest BCUT2D eigenvalue weighted by Crippen LogP contribution is 2.19. The third kappa shape index (κ3) is 2.11. The summed E-state index contributed by atoms with van der Waals surface area (Å²) in [5, 5.41) is 0. The van der Waals surface area contributed by atoms with Gasteiger partial charge in [0.1, 0.15) is 5.82 Å². The number of aromatic nitrogens is 2. The zero-order chi connectivity index (χ0) is 10.8. The molecule has 0 aliphatic carbocycles. The third-order valence-electron chi connectivity index (χ3n) is 2.37. The zero-order valence-electron chi connectivity index (χ0n) is 8.39. The van der Waals surface area contributed by atoms with E-state index in [4.69, 9.17) is 5.73 Å². The molecule has 2 rings (SSSR count). The summed E-state index contributed by atoms with van der Waals surface area (Å²) in [6.07, 6.45) is 3.65. The number of nitrogens with zero attached hydrogens (tertiary/aromatic N) is 2. The summed E-state index contributed by atoms with van der Waals surface area (Å²) in [6.45, 7) is 0. The van der Waals surface area contributed by atoms with Gasteiger partial charge in [-0.2, -0.15) is 0 Å². The molecule has 1 aromatic heterocycles. The van der Waals surface area contributed by atoms with Crippen LogP contribution in [0.25, 0.3) is 0 Å². The maximum absolute atomic E-state index is 6.11. The lowest BCUT2D eigenvalue weighted by Gasteiger charge is -2.11. The fourth-order valence-electron chi connectivity index (χ4n) is 1.50. The van der Waals surface area contributed by atoms with Crippen LogP contribution in [-0.4, -0.2) is 9.55 Å². The van der Waals surface area contributed by atoms with E-state index in [2.05, 4.69) is 20.9 Å². The molecule has 0 amide bonds. The molecule has 2 aromatic rings. The van der Waals surface area contributed by atoms with Crippen molar-refractivity contribution >= 4 is 15.9 Å². The first-order valence-corrected chi connectivity index (χ1v) is 5.46. The Bertz CT molecular complexity index is 447. The monoisotopic (exact) mass is 265 g/mol. The van der Waals surface area contributed by atoms with E-state index < -0.39 is 0 Å². The van der Waals surface area contributed by atoms with Crippen molar-refractivity contribution in [1.29, 1.82) is 0 Å². The van der Waals surface area contributed by atoms with Crippen LogP contribution in [0.3, 0.4) is 0 Å². The van der Waals surface area contributed by atoms with E-state index >= 15 is 0 Å². The van der Waals surface area contributed by atoms with Crippen LogP contribution in [0, 0.1) is 0 Å². The van der Waals surface area contributed by atoms with Crippen molar-refractivity contribution in [2.75, 3.05) is 0 Å². The van der Waals surface area contributed by atoms with Gasteiger partial charge in [-0.25, -0.2) is 4.98 Å². The second-order valence-electron chi connectivity index (χ2n) is 3.43. The van der Waals surface area contributed by atoms with Crippen molar-refractivity contribution in [2.24, 2.45) is 12.8 Å². The Morgan fingerprint density at radius 2 is 2.00 bits per heavy atom. The minimum Gasteiger partial charge on any atom is -0.336 e. The van der Waals surface area contributed by atoms with Gasteiger partial charge < -0.3 is 10.3 Å². The van der Waals surface area contributed by atoms with E-state index in [1.165, 1.54) is 0 Å². The van der Waals surface area contributed by atoms with E-state index in [0.717, 1.165) is 15.9 Å². The van der Waals surface area contributed by atoms with E-state index in [1.54, 1.807) is 6.20 Å². The smallest absolute Gasteiger partial charge is 0.129 e. The van der Waals surface area contributed by atoms with E-state index in [-0.39, 0.29) is 6.04 Å². The quantitative estimate of drug-likeness (QED) is 0.905. The lowest BCUT2D eigenvalue weighted by Crippen LogP contribution is -2.16. The summed E-state index contributed by atoms with van der Waals surface area (Å²) in [7, 11) is 1.95. The van der Waals surface area contributed by atoms with Crippen molar-refractivity contribution in [3.63, 3.8) is 0 Å². The predicted molar refractivity (Wildman–Crippen MR) is 63.4 cm³/mol. The Labute approximate surface area is 97.1 Å². The number of hydrogen-bond donors (Lipinski definition) is 1. The number of benzene rings is 1. The first-order valence-electron chi connectivity index (χ1n) is 4.67. The predicted octanol–water partition coefficient (Wildman–Crippen LogP) is 2.23. The SMILES string of the molecule is Cn1ccnc1[C@@H](N)c1ccc(Br)cc1. The van der Waals surface area contributed by atoms with Crippen LogP contribution in [0.15, 0.2) is 41.1 Å². The molecule has 0 aliphatic heterocycles. The Balaban J connectivity index is 2.32. The van der Waals surface area contributed by atoms with Gasteiger partial charge in [0.05, 0.1) is 6.04 Å². The first-order chi connectivity index (χ1) is 7.18. The molecule has 15 heavy (non-hydrogen) atoms. The van der Waals surface area contributed by atoms with Crippen molar-refractivity contribution in [3.8, 4) is 0 Å². The molecular formula is C11H12BrN3. The number of aryl methyl sites for hydroxylation is 1. The van der Waals surface area contributed by atoms with E-state index in [9.17, 15) is 0 Å². The van der Waals surface area contributed by atoms with Crippen LogP contribution in [-0.2, 0) is 7.05 Å². The van der Waals surface area contributed by atoms with Crippen LogP contribution in [0.4, 0.5) is 0 Å². The van der Waals surface area contributed by atoms with Crippen LogP contribution >= 0.6 is 15.9 Å². The van der Waals surface area contributed by atoms with Gasteiger partial charge in [0.2, 0.25) is 0 Å². The van der Waals surface area contributed by atoms with Crippen molar-refractivity contribution < 1.29 is 0 Å². The lowest BCUT2D eigenvalue weighted by atomic mass is 10.1. The summed E-state index contributed by atoms with van der Waals surface area (Å²) >= 11 is 3.40. The minimum atomic E-state index is -0.168. The Hall–Kier alpha value is -1.13. The van der Waals surface area contributed by atoms with Gasteiger partial charge in [0.25, 0.3) is 0 Å². The molecule has 0 unspecified atom stereocenters. The summed E-state index contributed by atoms with van der Waals surface area (Å²) < 4.78 is 2.99. The fourth-order valence-corrected chi connectivity index (χ4v) is 1.76. The van der Waals surface area contributed by atoms with Crippen LogP contribution in [0.2, 0.25) is 0 Å². The molecule has 0 saturated carbocycles. The van der Waals surface area contributed by atoms with Crippen molar-refractivity contribution in [3.05, 3.63) is 52.5 Å². The topological polar surface area (TPSA) is 43.8 Å². The largest absolute Gasteiger partial charge is 0.336 e. The summed E-state index contributed by atoms with van der Waals surface area (Å²) in [5.41, 5.74) is 7.18. The zero-order valence-corrected chi connectivity index (χ0v) is 9.98. The molecule has 0 saturated heterocycles. The Kier molecular flexibility index (Phi) is 2.88. The second-order valence-corrected chi connectivity index (χ2v) is 4.34. The van der Waals surface area contributed by atoms with Gasteiger partial charge in [-0.3, -0.25) is 0 Å². The third-order valence-corrected chi connectivity index (χ3v) is 2.89. The average Bonchev–Trinajstić information content (AvgIpc) is 2.65. The van der Waals surface area contributed by atoms with Gasteiger partial charge >= 0.3 is 0 Å². The molecule has 3 nitrogen and oxygen atoms in total. The molecule has 0 aliphatic rings. The van der Waals surface area contributed by atoms with Crippen LogP contribution < -0.4 is 5.73 Å². The molecule has 0 bridgehead atoms. The van der Waals surface area contributed by atoms with Gasteiger partial charge in [-0.05, 0) is 17.7 Å². The maximum atomic E-state index is 6.11. The van der Waals surface area contributed by atoms with E-state index in [0.29, 0.717) is 0 Å². The van der Waals surface area contributed by atoms with Crippen LogP contribution in [0.1, 0.15) is 17.4 Å². The lowest BCUT2D eigenvalue weighted by molar-refractivity contribution is 0.717. The van der Waals surface area contributed by atoms with E-state index in [1.807, 2.05) is 42.1 Å². The first kappa shape index (κ1) is 10.4. The van der Waals surface area contributed by atoms with Gasteiger partial charge in [-0.1, -0.05) is 28.1 Å². The van der Waals surface area contributed by atoms with Crippen molar-refractivity contribution in [1.82, 2.24) is 9.55 Å². The number of hydrogen-bond acceptors (Lipinski definition) is 2. The molecule has 1 heterocycles. The minimum absolute atomic E-state index is 0.168. The number of imidazole rings is 1. The molecular weight excluding hydrogens is 254 g/mol. The van der Waals surface area contributed by atoms with Gasteiger partial charge in [0.15, 0.2) is 0 Å². The molecule has 0 fully saturated rings. The number of nitrogens with two attached hydrogens (primary N) is 1. The molecule has 2 N–H and O–H groups in total. The van der Waals surface area contributed by atoms with Crippen LogP contribution in [0.5, 0.6) is 0 Å². The molecule has 0 spiro atoms. The standard InChI is InChI=1S/C11H12BrN3/c1-15-7-6-14-11(15)10(13)8-2-4-9(12)5-3-8/h2-7,10H,13H2,1H3/t10-/m0/s1. The molecule has 1 aromatic carbocycles. The highest BCUT2D eigenvalue weighted by atomic mass is 79.9. The second kappa shape index (κ2) is 4.16. The maximum Gasteiger partial charge on any atom is 0.129 e.